The van der Waals surface area contributed by atoms with Gasteiger partial charge in [0.15, 0.2) is 17.5 Å². The summed E-state index contributed by atoms with van der Waals surface area (Å²) >= 11 is 1.87. The van der Waals surface area contributed by atoms with Crippen molar-refractivity contribution in [2.24, 2.45) is 0 Å². The highest BCUT2D eigenvalue weighted by Crippen LogP contribution is 2.42. The van der Waals surface area contributed by atoms with Gasteiger partial charge in [-0.15, -0.1) is 11.3 Å². The predicted molar refractivity (Wildman–Crippen MR) is 209 cm³/mol. The molecule has 0 saturated heterocycles. The molecule has 0 amide bonds. The van der Waals surface area contributed by atoms with Crippen LogP contribution < -0.4 is 0 Å². The van der Waals surface area contributed by atoms with Gasteiger partial charge in [0.25, 0.3) is 0 Å². The van der Waals surface area contributed by atoms with Crippen LogP contribution in [0.1, 0.15) is 0 Å². The van der Waals surface area contributed by atoms with Crippen molar-refractivity contribution in [2.45, 2.75) is 0 Å². The Balaban J connectivity index is 1.19. The standard InChI is InChI=1S/C45H28N4S/c1-3-14-29(15-4-1)43-46-44(30-16-5-2-6-17-30)48-45(47-43)36-20-8-11-24-39(36)49-38-23-10-7-18-33(38)37-28-31(26-27-40(37)49)32-21-13-22-35-34-19-9-12-25-41(34)50-42(32)35/h1-28H. The minimum absolute atomic E-state index is 0.632. The van der Waals surface area contributed by atoms with Crippen LogP contribution in [0.5, 0.6) is 0 Å². The lowest BCUT2D eigenvalue weighted by atomic mass is 10.0. The normalized spacial score (nSPS) is 11.6. The van der Waals surface area contributed by atoms with Gasteiger partial charge in [-0.1, -0.05) is 133 Å². The van der Waals surface area contributed by atoms with E-state index in [1.165, 1.54) is 42.1 Å². The first kappa shape index (κ1) is 28.6. The van der Waals surface area contributed by atoms with Gasteiger partial charge in [0.05, 0.1) is 16.7 Å². The van der Waals surface area contributed by atoms with E-state index in [9.17, 15) is 0 Å². The Labute approximate surface area is 292 Å². The average Bonchev–Trinajstić information content (AvgIpc) is 3.74. The first-order valence-electron chi connectivity index (χ1n) is 16.7. The topological polar surface area (TPSA) is 43.6 Å². The van der Waals surface area contributed by atoms with Gasteiger partial charge in [-0.25, -0.2) is 15.0 Å². The zero-order valence-corrected chi connectivity index (χ0v) is 27.7. The Hall–Kier alpha value is -6.43. The zero-order chi connectivity index (χ0) is 33.0. The van der Waals surface area contributed by atoms with Gasteiger partial charge in [-0.05, 0) is 47.5 Å². The second kappa shape index (κ2) is 11.6. The van der Waals surface area contributed by atoms with Crippen molar-refractivity contribution in [3.05, 3.63) is 170 Å². The first-order valence-corrected chi connectivity index (χ1v) is 17.5. The van der Waals surface area contributed by atoms with E-state index >= 15 is 0 Å². The summed E-state index contributed by atoms with van der Waals surface area (Å²) in [6.45, 7) is 0. The largest absolute Gasteiger partial charge is 0.309 e. The number of para-hydroxylation sites is 2. The number of nitrogens with zero attached hydrogens (tertiary/aromatic N) is 4. The van der Waals surface area contributed by atoms with E-state index in [-0.39, 0.29) is 0 Å². The molecule has 0 atom stereocenters. The average molecular weight is 657 g/mol. The Morgan fingerprint density at radius 3 is 1.74 bits per heavy atom. The summed E-state index contributed by atoms with van der Waals surface area (Å²) in [4.78, 5) is 15.1. The molecule has 0 aliphatic rings. The smallest absolute Gasteiger partial charge is 0.166 e. The molecule has 0 fully saturated rings. The predicted octanol–water partition coefficient (Wildman–Crippen LogP) is 12.0. The SMILES string of the molecule is c1ccc(-c2nc(-c3ccccc3)nc(-c3ccccc3-n3c4ccccc4c4cc(-c5cccc6c5sc5ccccc56)ccc43)n2)cc1. The number of fused-ring (bicyclic) bond motifs is 6. The van der Waals surface area contributed by atoms with E-state index in [4.69, 9.17) is 15.0 Å². The third-order valence-corrected chi connectivity index (χ3v) is 10.7. The van der Waals surface area contributed by atoms with E-state index in [1.807, 2.05) is 72.0 Å². The minimum atomic E-state index is 0.632. The second-order valence-electron chi connectivity index (χ2n) is 12.4. The molecule has 10 aromatic rings. The van der Waals surface area contributed by atoms with Crippen LogP contribution in [-0.4, -0.2) is 19.5 Å². The van der Waals surface area contributed by atoms with Crippen LogP contribution in [0.2, 0.25) is 0 Å². The molecule has 0 saturated carbocycles. The maximum Gasteiger partial charge on any atom is 0.166 e. The van der Waals surface area contributed by atoms with Gasteiger partial charge in [-0.3, -0.25) is 0 Å². The van der Waals surface area contributed by atoms with E-state index in [1.54, 1.807) is 0 Å². The third-order valence-electron chi connectivity index (χ3n) is 9.47. The Bertz CT molecular complexity index is 2810. The molecule has 0 unspecified atom stereocenters. The van der Waals surface area contributed by atoms with E-state index in [2.05, 4.69) is 114 Å². The Morgan fingerprint density at radius 1 is 0.380 bits per heavy atom. The molecule has 4 nitrogen and oxygen atoms in total. The monoisotopic (exact) mass is 656 g/mol. The molecular formula is C45H28N4S. The van der Waals surface area contributed by atoms with E-state index in [0.717, 1.165) is 33.4 Å². The number of benzene rings is 7. The molecule has 5 heteroatoms. The van der Waals surface area contributed by atoms with Gasteiger partial charge in [-0.2, -0.15) is 0 Å². The summed E-state index contributed by atoms with van der Waals surface area (Å²) < 4.78 is 4.99. The second-order valence-corrected chi connectivity index (χ2v) is 13.5. The molecule has 3 aromatic heterocycles. The van der Waals surface area contributed by atoms with Crippen molar-refractivity contribution in [3.63, 3.8) is 0 Å². The van der Waals surface area contributed by atoms with Gasteiger partial charge >= 0.3 is 0 Å². The molecule has 0 aliphatic heterocycles. The summed E-state index contributed by atoms with van der Waals surface area (Å²) in [5.41, 5.74) is 8.58. The number of aromatic nitrogens is 4. The number of thiophene rings is 1. The molecule has 0 bridgehead atoms. The number of rotatable bonds is 5. The number of hydrogen-bond donors (Lipinski definition) is 0. The van der Waals surface area contributed by atoms with Crippen molar-refractivity contribution >= 4 is 53.3 Å². The van der Waals surface area contributed by atoms with Crippen LogP contribution in [-0.2, 0) is 0 Å². The molecule has 3 heterocycles. The summed E-state index contributed by atoms with van der Waals surface area (Å²) in [6.07, 6.45) is 0. The van der Waals surface area contributed by atoms with Crippen molar-refractivity contribution in [1.29, 1.82) is 0 Å². The van der Waals surface area contributed by atoms with Crippen LogP contribution in [0.3, 0.4) is 0 Å². The summed E-state index contributed by atoms with van der Waals surface area (Å²) in [7, 11) is 0. The highest BCUT2D eigenvalue weighted by molar-refractivity contribution is 7.26. The lowest BCUT2D eigenvalue weighted by molar-refractivity contribution is 1.06. The van der Waals surface area contributed by atoms with Gasteiger partial charge in [0.2, 0.25) is 0 Å². The van der Waals surface area contributed by atoms with Crippen molar-refractivity contribution < 1.29 is 0 Å². The lowest BCUT2D eigenvalue weighted by Gasteiger charge is -2.14. The van der Waals surface area contributed by atoms with Crippen LogP contribution in [0.4, 0.5) is 0 Å². The molecule has 0 N–H and O–H groups in total. The summed E-state index contributed by atoms with van der Waals surface area (Å²) in [5, 5.41) is 5.03. The van der Waals surface area contributed by atoms with Gasteiger partial charge < -0.3 is 4.57 Å². The summed E-state index contributed by atoms with van der Waals surface area (Å²) in [6, 6.07) is 59.6. The van der Waals surface area contributed by atoms with E-state index < -0.39 is 0 Å². The van der Waals surface area contributed by atoms with Crippen molar-refractivity contribution in [3.8, 4) is 51.0 Å². The highest BCUT2D eigenvalue weighted by Gasteiger charge is 2.20. The summed E-state index contributed by atoms with van der Waals surface area (Å²) in [5.74, 6) is 1.92. The zero-order valence-electron chi connectivity index (χ0n) is 26.9. The molecular weight excluding hydrogens is 629 g/mol. The number of hydrogen-bond acceptors (Lipinski definition) is 4. The molecule has 7 aromatic carbocycles. The molecule has 0 radical (unpaired) electrons. The van der Waals surface area contributed by atoms with Crippen LogP contribution in [0.15, 0.2) is 170 Å². The van der Waals surface area contributed by atoms with Crippen LogP contribution in [0, 0.1) is 0 Å². The maximum absolute atomic E-state index is 5.10. The Kier molecular flexibility index (Phi) is 6.64. The van der Waals surface area contributed by atoms with Crippen molar-refractivity contribution in [2.75, 3.05) is 0 Å². The molecule has 0 spiro atoms. The van der Waals surface area contributed by atoms with Crippen molar-refractivity contribution in [1.82, 2.24) is 19.5 Å². The van der Waals surface area contributed by atoms with E-state index in [0.29, 0.717) is 17.5 Å². The van der Waals surface area contributed by atoms with Gasteiger partial charge in [0, 0.05) is 47.6 Å². The Morgan fingerprint density at radius 2 is 0.960 bits per heavy atom. The third kappa shape index (κ3) is 4.63. The quantitative estimate of drug-likeness (QED) is 0.185. The first-order chi connectivity index (χ1) is 24.8. The fourth-order valence-corrected chi connectivity index (χ4v) is 8.40. The van der Waals surface area contributed by atoms with Crippen LogP contribution in [0.25, 0.3) is 93.0 Å². The molecule has 10 rings (SSSR count). The lowest BCUT2D eigenvalue weighted by Crippen LogP contribution is -2.03. The highest BCUT2D eigenvalue weighted by atomic mass is 32.1. The molecule has 0 aliphatic carbocycles. The fraction of sp³-hybridized carbons (Fsp3) is 0. The van der Waals surface area contributed by atoms with Gasteiger partial charge in [0.1, 0.15) is 0 Å². The fourth-order valence-electron chi connectivity index (χ4n) is 7.16. The maximum atomic E-state index is 5.10. The van der Waals surface area contributed by atoms with Crippen LogP contribution >= 0.6 is 11.3 Å². The minimum Gasteiger partial charge on any atom is -0.309 e. The molecule has 50 heavy (non-hydrogen) atoms. The molecule has 234 valence electrons.